The fourth-order valence-electron chi connectivity index (χ4n) is 0.592. The zero-order valence-electron chi connectivity index (χ0n) is 8.47. The molecule has 13 heavy (non-hydrogen) atoms. The average Bonchev–Trinajstić information content (AvgIpc) is 2.08. The van der Waals surface area contributed by atoms with Gasteiger partial charge in [0.05, 0.1) is 4.90 Å². The van der Waals surface area contributed by atoms with E-state index in [1.54, 1.807) is 18.2 Å². The second-order valence-electron chi connectivity index (χ2n) is 1.79. The number of hydrogen-bond acceptors (Lipinski definition) is 2. The Bertz CT molecular complexity index is 326. The summed E-state index contributed by atoms with van der Waals surface area (Å²) >= 11 is 0. The molecule has 3 nitrogen and oxygen atoms in total. The van der Waals surface area contributed by atoms with Crippen LogP contribution in [0, 0.1) is 0 Å². The van der Waals surface area contributed by atoms with Gasteiger partial charge in [-0.3, -0.25) is 4.55 Å². The molecule has 0 amide bonds. The molecule has 1 rings (SSSR count). The van der Waals surface area contributed by atoms with Crippen molar-refractivity contribution in [3.8, 4) is 0 Å². The molecule has 0 bridgehead atoms. The molecule has 1 N–H and O–H groups in total. The molecule has 0 heterocycles. The Morgan fingerprint density at radius 3 is 1.77 bits per heavy atom. The summed E-state index contributed by atoms with van der Waals surface area (Å²) < 4.78 is 29.2. The van der Waals surface area contributed by atoms with Crippen LogP contribution in [0.2, 0.25) is 0 Å². The molecule has 1 aromatic carbocycles. The summed E-state index contributed by atoms with van der Waals surface area (Å²) in [6.45, 7) is 6.00. The van der Waals surface area contributed by atoms with Gasteiger partial charge in [0.15, 0.2) is 0 Å². The van der Waals surface area contributed by atoms with Crippen molar-refractivity contribution >= 4 is 10.1 Å². The third-order valence-electron chi connectivity index (χ3n) is 1.04. The summed E-state index contributed by atoms with van der Waals surface area (Å²) in [5.74, 6) is 0. The molecule has 0 aliphatic carbocycles. The Morgan fingerprint density at radius 1 is 1.15 bits per heavy atom. The van der Waals surface area contributed by atoms with Gasteiger partial charge in [0.25, 0.3) is 10.1 Å². The summed E-state index contributed by atoms with van der Waals surface area (Å²) in [4.78, 5) is -0.0741. The van der Waals surface area contributed by atoms with Gasteiger partial charge in [-0.15, -0.1) is 13.2 Å². The first-order valence-corrected chi connectivity index (χ1v) is 4.57. The molecule has 1 aromatic rings. The van der Waals surface area contributed by atoms with E-state index in [0.717, 1.165) is 0 Å². The van der Waals surface area contributed by atoms with Crippen LogP contribution < -0.4 is 29.6 Å². The molecular weight excluding hydrogens is 199 g/mol. The van der Waals surface area contributed by atoms with E-state index in [-0.39, 0.29) is 35.9 Å². The predicted molar refractivity (Wildman–Crippen MR) is 48.6 cm³/mol. The molecule has 0 radical (unpaired) electrons. The second kappa shape index (κ2) is 7.29. The van der Waals surface area contributed by atoms with E-state index in [0.29, 0.717) is 0 Å². The summed E-state index contributed by atoms with van der Waals surface area (Å²) in [7, 11) is -4.00. The van der Waals surface area contributed by atoms with E-state index in [1.807, 2.05) is 0 Å². The largest absolute Gasteiger partial charge is 1.00 e. The molecule has 5 heteroatoms. The zero-order chi connectivity index (χ0) is 9.61. The fraction of sp³-hybridized carbons (Fsp3) is 0. The average molecular weight is 210 g/mol. The van der Waals surface area contributed by atoms with Gasteiger partial charge >= 0.3 is 29.6 Å². The topological polar surface area (TPSA) is 54.4 Å². The van der Waals surface area contributed by atoms with Crippen molar-refractivity contribution in [3.05, 3.63) is 43.5 Å². The van der Waals surface area contributed by atoms with Crippen LogP contribution in [0.5, 0.6) is 0 Å². The van der Waals surface area contributed by atoms with Crippen molar-refractivity contribution in [1.82, 2.24) is 0 Å². The number of benzene rings is 1. The van der Waals surface area contributed by atoms with Gasteiger partial charge in [0.1, 0.15) is 0 Å². The van der Waals surface area contributed by atoms with Crippen LogP contribution in [0.25, 0.3) is 0 Å². The van der Waals surface area contributed by atoms with Gasteiger partial charge in [-0.1, -0.05) is 18.2 Å². The minimum atomic E-state index is -4.00. The Labute approximate surface area is 102 Å². The van der Waals surface area contributed by atoms with Gasteiger partial charge in [-0.05, 0) is 12.1 Å². The maximum absolute atomic E-state index is 10.4. The molecule has 0 aromatic heterocycles. The van der Waals surface area contributed by atoms with E-state index in [4.69, 9.17) is 4.55 Å². The van der Waals surface area contributed by atoms with Gasteiger partial charge in [-0.25, -0.2) is 0 Å². The van der Waals surface area contributed by atoms with Crippen molar-refractivity contribution in [1.29, 1.82) is 0 Å². The molecule has 0 atom stereocenters. The van der Waals surface area contributed by atoms with Crippen LogP contribution in [0.1, 0.15) is 1.43 Å². The van der Waals surface area contributed by atoms with Gasteiger partial charge in [0, 0.05) is 0 Å². The predicted octanol–water partition coefficient (Wildman–Crippen LogP) is -1.15. The number of rotatable bonds is 1. The van der Waals surface area contributed by atoms with Crippen LogP contribution in [0.3, 0.4) is 0 Å². The molecule has 0 fully saturated rings. The summed E-state index contributed by atoms with van der Waals surface area (Å²) in [6.07, 6.45) is 0. The van der Waals surface area contributed by atoms with Crippen molar-refractivity contribution in [2.45, 2.75) is 4.90 Å². The van der Waals surface area contributed by atoms with E-state index < -0.39 is 10.1 Å². The van der Waals surface area contributed by atoms with Gasteiger partial charge in [0.2, 0.25) is 0 Å². The Kier molecular flexibility index (Phi) is 8.61. The molecule has 0 saturated carbocycles. The Hall–Kier alpha value is -0.130. The van der Waals surface area contributed by atoms with E-state index in [1.165, 1.54) is 12.1 Å². The maximum atomic E-state index is 10.4. The Morgan fingerprint density at radius 2 is 1.54 bits per heavy atom. The smallest absolute Gasteiger partial charge is 1.00 e. The third kappa shape index (κ3) is 6.01. The first-order chi connectivity index (χ1) is 5.61. The standard InChI is InChI=1S/C6H6O3S.C2H4.Na.H/c7-10(8,9)6-4-2-1-3-5-6;1-2;;/h1-5H,(H,7,8,9);1-2H2;;/q;;+1;-1. The summed E-state index contributed by atoms with van der Waals surface area (Å²) in [6, 6.07) is 7.42. The molecule has 0 aliphatic rings. The van der Waals surface area contributed by atoms with Crippen LogP contribution in [-0.4, -0.2) is 13.0 Å². The molecule has 0 spiro atoms. The monoisotopic (exact) mass is 210 g/mol. The minimum Gasteiger partial charge on any atom is -1.00 e. The SMILES string of the molecule is C=C.O=S(=O)(O)c1ccccc1.[H-].[Na+]. The molecule has 0 aliphatic heterocycles. The number of hydrogen-bond donors (Lipinski definition) is 1. The van der Waals surface area contributed by atoms with Crippen molar-refractivity contribution in [2.24, 2.45) is 0 Å². The quantitative estimate of drug-likeness (QED) is 0.362. The molecule has 68 valence electrons. The molecule has 0 saturated heterocycles. The van der Waals surface area contributed by atoms with E-state index in [2.05, 4.69) is 13.2 Å². The second-order valence-corrected chi connectivity index (χ2v) is 3.21. The first kappa shape index (κ1) is 15.3. The fourth-order valence-corrected chi connectivity index (χ4v) is 1.09. The minimum absolute atomic E-state index is 0. The maximum Gasteiger partial charge on any atom is 1.00 e. The van der Waals surface area contributed by atoms with Crippen LogP contribution in [0.15, 0.2) is 48.4 Å². The van der Waals surface area contributed by atoms with Crippen molar-refractivity contribution in [2.75, 3.05) is 0 Å². The molecular formula is C8H11NaO3S. The van der Waals surface area contributed by atoms with Crippen LogP contribution >= 0.6 is 0 Å². The normalized spacial score (nSPS) is 9.00. The van der Waals surface area contributed by atoms with Crippen molar-refractivity contribution < 1.29 is 44.0 Å². The zero-order valence-corrected chi connectivity index (χ0v) is 10.3. The molecule has 0 unspecified atom stereocenters. The van der Waals surface area contributed by atoms with Crippen LogP contribution in [-0.2, 0) is 10.1 Å². The van der Waals surface area contributed by atoms with Gasteiger partial charge < -0.3 is 1.43 Å². The summed E-state index contributed by atoms with van der Waals surface area (Å²) in [5.41, 5.74) is 0. The summed E-state index contributed by atoms with van der Waals surface area (Å²) in [5, 5.41) is 0. The van der Waals surface area contributed by atoms with E-state index >= 15 is 0 Å². The van der Waals surface area contributed by atoms with Crippen LogP contribution in [0.4, 0.5) is 0 Å². The third-order valence-corrected chi connectivity index (χ3v) is 1.91. The Balaban J connectivity index is -0.000000284. The van der Waals surface area contributed by atoms with Gasteiger partial charge in [-0.2, -0.15) is 8.42 Å². The van der Waals surface area contributed by atoms with Crippen molar-refractivity contribution in [3.63, 3.8) is 0 Å². The van der Waals surface area contributed by atoms with E-state index in [9.17, 15) is 8.42 Å². The first-order valence-electron chi connectivity index (χ1n) is 3.13.